The molecule has 254 valence electrons. The zero-order chi connectivity index (χ0) is 35.5. The molecule has 1 aliphatic heterocycles. The molecule has 0 N–H and O–H groups in total. The van der Waals surface area contributed by atoms with E-state index in [-0.39, 0.29) is 0 Å². The second-order valence-electron chi connectivity index (χ2n) is 14.1. The second-order valence-corrected chi connectivity index (χ2v) is 14.1. The van der Waals surface area contributed by atoms with Gasteiger partial charge in [-0.05, 0) is 122 Å². The lowest BCUT2D eigenvalue weighted by atomic mass is 9.96. The monoisotopic (exact) mass is 675 g/mol. The number of hydrogen-bond acceptors (Lipinski definition) is 4. The normalized spacial score (nSPS) is 12.6. The summed E-state index contributed by atoms with van der Waals surface area (Å²) in [5.74, 6) is 0.904. The standard InChI is InChI=1S/C47H41N5/c1-31-13-10-14-32(2)46(31)35-25-26-48-45(27-35)52-41-20-7-6-19-39(41)40-24-23-38(29-44(40)52)51(47-33(3)15-11-16-34(47)4)37-18-12-17-36(28-37)50-30-49(5)42-21-8-9-22-43(42)50/h6-29H,30H2,1-5H3. The van der Waals surface area contributed by atoms with Crippen LogP contribution in [0.25, 0.3) is 38.8 Å². The molecule has 0 bridgehead atoms. The number of anilines is 6. The first kappa shape index (κ1) is 31.6. The van der Waals surface area contributed by atoms with Gasteiger partial charge in [-0.3, -0.25) is 4.57 Å². The van der Waals surface area contributed by atoms with Gasteiger partial charge in [0.1, 0.15) is 5.82 Å². The van der Waals surface area contributed by atoms with Gasteiger partial charge in [0.25, 0.3) is 0 Å². The minimum absolute atomic E-state index is 0.798. The molecule has 0 saturated carbocycles. The second kappa shape index (κ2) is 12.5. The molecule has 1 aliphatic rings. The third-order valence-corrected chi connectivity index (χ3v) is 10.7. The molecule has 3 heterocycles. The fourth-order valence-electron chi connectivity index (χ4n) is 8.28. The number of para-hydroxylation sites is 4. The zero-order valence-corrected chi connectivity index (χ0v) is 30.3. The molecule has 5 heteroatoms. The van der Waals surface area contributed by atoms with Crippen molar-refractivity contribution in [2.24, 2.45) is 0 Å². The molecule has 0 fully saturated rings. The molecule has 5 nitrogen and oxygen atoms in total. The van der Waals surface area contributed by atoms with E-state index in [2.05, 4.69) is 194 Å². The summed E-state index contributed by atoms with van der Waals surface area (Å²) in [6.45, 7) is 9.60. The first-order valence-electron chi connectivity index (χ1n) is 18.0. The third-order valence-electron chi connectivity index (χ3n) is 10.7. The summed E-state index contributed by atoms with van der Waals surface area (Å²) < 4.78 is 2.33. The van der Waals surface area contributed by atoms with Crippen LogP contribution in [-0.4, -0.2) is 23.3 Å². The maximum Gasteiger partial charge on any atom is 0.138 e. The van der Waals surface area contributed by atoms with Crippen molar-refractivity contribution in [1.82, 2.24) is 9.55 Å². The van der Waals surface area contributed by atoms with Crippen LogP contribution in [-0.2, 0) is 0 Å². The molecule has 2 aromatic heterocycles. The summed E-state index contributed by atoms with van der Waals surface area (Å²) in [7, 11) is 2.16. The Bertz CT molecular complexity index is 2610. The number of aryl methyl sites for hydroxylation is 4. The summed E-state index contributed by atoms with van der Waals surface area (Å²) in [5.41, 5.74) is 16.7. The summed E-state index contributed by atoms with van der Waals surface area (Å²) in [6.07, 6.45) is 1.95. The first-order chi connectivity index (χ1) is 25.4. The number of rotatable bonds is 6. The average molecular weight is 676 g/mol. The van der Waals surface area contributed by atoms with Crippen LogP contribution in [0.4, 0.5) is 34.1 Å². The average Bonchev–Trinajstić information content (AvgIpc) is 3.67. The molecule has 52 heavy (non-hydrogen) atoms. The van der Waals surface area contributed by atoms with E-state index in [1.54, 1.807) is 0 Å². The number of benzene rings is 6. The van der Waals surface area contributed by atoms with Gasteiger partial charge in [-0.2, -0.15) is 0 Å². The highest BCUT2D eigenvalue weighted by Gasteiger charge is 2.26. The maximum atomic E-state index is 5.01. The largest absolute Gasteiger partial charge is 0.355 e. The summed E-state index contributed by atoms with van der Waals surface area (Å²) in [6, 6.07) is 50.7. The van der Waals surface area contributed by atoms with E-state index in [1.165, 1.54) is 61.2 Å². The van der Waals surface area contributed by atoms with Crippen molar-refractivity contribution in [3.63, 3.8) is 0 Å². The van der Waals surface area contributed by atoms with Gasteiger partial charge in [-0.1, -0.05) is 78.9 Å². The minimum atomic E-state index is 0.798. The van der Waals surface area contributed by atoms with Crippen molar-refractivity contribution >= 4 is 55.9 Å². The molecule has 0 amide bonds. The quantitative estimate of drug-likeness (QED) is 0.175. The predicted octanol–water partition coefficient (Wildman–Crippen LogP) is 12.1. The Morgan fingerprint density at radius 2 is 1.21 bits per heavy atom. The van der Waals surface area contributed by atoms with Crippen LogP contribution in [0.3, 0.4) is 0 Å². The van der Waals surface area contributed by atoms with Crippen LogP contribution < -0.4 is 14.7 Å². The lowest BCUT2D eigenvalue weighted by Crippen LogP contribution is -2.24. The molecule has 0 spiro atoms. The molecule has 0 atom stereocenters. The molecule has 8 aromatic rings. The highest BCUT2D eigenvalue weighted by Crippen LogP contribution is 2.45. The number of pyridine rings is 1. The molecule has 6 aromatic carbocycles. The maximum absolute atomic E-state index is 5.01. The van der Waals surface area contributed by atoms with Gasteiger partial charge in [0.15, 0.2) is 0 Å². The van der Waals surface area contributed by atoms with E-state index in [1.807, 2.05) is 6.20 Å². The van der Waals surface area contributed by atoms with Gasteiger partial charge >= 0.3 is 0 Å². The third kappa shape index (κ3) is 5.12. The Morgan fingerprint density at radius 1 is 0.558 bits per heavy atom. The SMILES string of the molecule is Cc1cccc(C)c1-c1ccnc(-n2c3ccccc3c3ccc(N(c4cccc(N5CN(C)c6ccccc65)c4)c4c(C)cccc4C)cc32)c1. The Kier molecular flexibility index (Phi) is 7.58. The Morgan fingerprint density at radius 3 is 2.00 bits per heavy atom. The summed E-state index contributed by atoms with van der Waals surface area (Å²) in [5, 5.41) is 2.41. The van der Waals surface area contributed by atoms with Gasteiger partial charge in [-0.15, -0.1) is 0 Å². The number of aromatic nitrogens is 2. The van der Waals surface area contributed by atoms with Crippen molar-refractivity contribution in [2.45, 2.75) is 27.7 Å². The minimum Gasteiger partial charge on any atom is -0.355 e. The Balaban J connectivity index is 1.25. The van der Waals surface area contributed by atoms with Crippen LogP contribution in [0.5, 0.6) is 0 Å². The summed E-state index contributed by atoms with van der Waals surface area (Å²) in [4.78, 5) is 12.1. The number of fused-ring (bicyclic) bond motifs is 4. The van der Waals surface area contributed by atoms with Crippen LogP contribution >= 0.6 is 0 Å². The van der Waals surface area contributed by atoms with Crippen molar-refractivity contribution in [1.29, 1.82) is 0 Å². The molecular weight excluding hydrogens is 635 g/mol. The van der Waals surface area contributed by atoms with Crippen LogP contribution in [0.1, 0.15) is 22.3 Å². The van der Waals surface area contributed by atoms with Crippen molar-refractivity contribution in [3.05, 3.63) is 168 Å². The number of hydrogen-bond donors (Lipinski definition) is 0. The number of nitrogens with zero attached hydrogens (tertiary/aromatic N) is 5. The van der Waals surface area contributed by atoms with E-state index >= 15 is 0 Å². The first-order valence-corrected chi connectivity index (χ1v) is 18.0. The predicted molar refractivity (Wildman–Crippen MR) is 219 cm³/mol. The van der Waals surface area contributed by atoms with Crippen molar-refractivity contribution < 1.29 is 0 Å². The molecule has 0 aliphatic carbocycles. The molecule has 0 unspecified atom stereocenters. The van der Waals surface area contributed by atoms with Crippen LogP contribution in [0.2, 0.25) is 0 Å². The van der Waals surface area contributed by atoms with E-state index in [0.29, 0.717) is 0 Å². The molecular formula is C47H41N5. The van der Waals surface area contributed by atoms with E-state index < -0.39 is 0 Å². The van der Waals surface area contributed by atoms with Crippen molar-refractivity contribution in [3.8, 4) is 16.9 Å². The van der Waals surface area contributed by atoms with Gasteiger partial charge in [0.05, 0.1) is 34.8 Å². The van der Waals surface area contributed by atoms with Crippen molar-refractivity contribution in [2.75, 3.05) is 28.4 Å². The van der Waals surface area contributed by atoms with Crippen LogP contribution in [0.15, 0.2) is 146 Å². The fourth-order valence-corrected chi connectivity index (χ4v) is 8.28. The Labute approximate surface area is 305 Å². The zero-order valence-electron chi connectivity index (χ0n) is 30.3. The molecule has 9 rings (SSSR count). The van der Waals surface area contributed by atoms with E-state index in [9.17, 15) is 0 Å². The van der Waals surface area contributed by atoms with Gasteiger partial charge in [0.2, 0.25) is 0 Å². The van der Waals surface area contributed by atoms with Crippen LogP contribution in [0, 0.1) is 27.7 Å². The van der Waals surface area contributed by atoms with Gasteiger partial charge in [0, 0.05) is 41.1 Å². The lowest BCUT2D eigenvalue weighted by molar-refractivity contribution is 0.949. The van der Waals surface area contributed by atoms with E-state index in [0.717, 1.165) is 40.6 Å². The molecule has 0 saturated heterocycles. The lowest BCUT2D eigenvalue weighted by Gasteiger charge is -2.30. The molecule has 0 radical (unpaired) electrons. The highest BCUT2D eigenvalue weighted by atomic mass is 15.4. The van der Waals surface area contributed by atoms with Gasteiger partial charge in [-0.25, -0.2) is 4.98 Å². The van der Waals surface area contributed by atoms with Gasteiger partial charge < -0.3 is 14.7 Å². The topological polar surface area (TPSA) is 27.5 Å². The van der Waals surface area contributed by atoms with E-state index in [4.69, 9.17) is 4.98 Å². The highest BCUT2D eigenvalue weighted by molar-refractivity contribution is 6.10. The fraction of sp³-hybridized carbons (Fsp3) is 0.128. The Hall–Kier alpha value is -6.33. The summed E-state index contributed by atoms with van der Waals surface area (Å²) >= 11 is 0. The smallest absolute Gasteiger partial charge is 0.138 e.